The summed E-state index contributed by atoms with van der Waals surface area (Å²) in [6.45, 7) is 6.44. The quantitative estimate of drug-likeness (QED) is 0.641. The third kappa shape index (κ3) is 3.70. The predicted octanol–water partition coefficient (Wildman–Crippen LogP) is 1.23. The van der Waals surface area contributed by atoms with Crippen molar-refractivity contribution < 1.29 is 9.13 Å². The van der Waals surface area contributed by atoms with Crippen LogP contribution in [-0.4, -0.2) is 48.9 Å². The summed E-state index contributed by atoms with van der Waals surface area (Å²) in [6, 6.07) is 6.17. The summed E-state index contributed by atoms with van der Waals surface area (Å²) >= 11 is 0. The maximum atomic E-state index is 13.4. The van der Waals surface area contributed by atoms with E-state index >= 15 is 0 Å². The summed E-state index contributed by atoms with van der Waals surface area (Å²) < 4.78 is 23.5. The summed E-state index contributed by atoms with van der Waals surface area (Å²) in [5.74, 6) is 0.373. The van der Waals surface area contributed by atoms with Crippen molar-refractivity contribution >= 4 is 11.2 Å². The van der Waals surface area contributed by atoms with E-state index < -0.39 is 11.2 Å². The van der Waals surface area contributed by atoms with Crippen LogP contribution in [0.3, 0.4) is 0 Å². The summed E-state index contributed by atoms with van der Waals surface area (Å²) in [5.41, 5.74) is 0.760. The monoisotopic (exact) mass is 415 g/mol. The van der Waals surface area contributed by atoms with E-state index in [0.717, 1.165) is 23.2 Å². The third-order valence-corrected chi connectivity index (χ3v) is 5.54. The van der Waals surface area contributed by atoms with E-state index in [1.807, 2.05) is 18.4 Å². The zero-order chi connectivity index (χ0) is 21.6. The molecule has 9 heteroatoms. The minimum absolute atomic E-state index is 0.0981. The van der Waals surface area contributed by atoms with E-state index in [-0.39, 0.29) is 18.0 Å². The fourth-order valence-corrected chi connectivity index (χ4v) is 4.17. The van der Waals surface area contributed by atoms with Crippen LogP contribution in [0.1, 0.15) is 25.2 Å². The van der Waals surface area contributed by atoms with E-state index in [4.69, 9.17) is 4.74 Å². The Morgan fingerprint density at radius 2 is 1.67 bits per heavy atom. The largest absolute Gasteiger partial charge is 0.373 e. The average Bonchev–Trinajstić information content (AvgIpc) is 3.03. The summed E-state index contributed by atoms with van der Waals surface area (Å²) in [6.07, 6.45) is 0.196. The lowest BCUT2D eigenvalue weighted by atomic mass is 10.2. The molecule has 4 rings (SSSR count). The molecule has 0 saturated carbocycles. The molecular weight excluding hydrogens is 389 g/mol. The number of aromatic nitrogens is 4. The number of hydrogen-bond donors (Lipinski definition) is 0. The van der Waals surface area contributed by atoms with E-state index in [0.29, 0.717) is 30.1 Å². The van der Waals surface area contributed by atoms with Gasteiger partial charge in [0.15, 0.2) is 11.2 Å². The zero-order valence-corrected chi connectivity index (χ0v) is 17.6. The van der Waals surface area contributed by atoms with Crippen LogP contribution in [0, 0.1) is 5.82 Å². The molecule has 1 aromatic carbocycles. The molecule has 1 saturated heterocycles. The molecule has 0 radical (unpaired) electrons. The van der Waals surface area contributed by atoms with Gasteiger partial charge in [-0.15, -0.1) is 0 Å². The van der Waals surface area contributed by atoms with E-state index in [9.17, 15) is 14.0 Å². The molecule has 0 bridgehead atoms. The van der Waals surface area contributed by atoms with Gasteiger partial charge in [0, 0.05) is 33.7 Å². The van der Waals surface area contributed by atoms with E-state index in [1.165, 1.54) is 23.7 Å². The molecule has 2 atom stereocenters. The molecule has 1 fully saturated rings. The maximum absolute atomic E-state index is 13.4. The van der Waals surface area contributed by atoms with Crippen LogP contribution < -0.4 is 11.2 Å². The number of fused-ring (bicyclic) bond motifs is 1. The number of aryl methyl sites for hydroxylation is 1. The Labute approximate surface area is 173 Å². The molecule has 2 unspecified atom stereocenters. The molecule has 0 amide bonds. The van der Waals surface area contributed by atoms with Crippen molar-refractivity contribution in [2.75, 3.05) is 13.1 Å². The number of hydrogen-bond acceptors (Lipinski definition) is 5. The SMILES string of the molecule is CC1CN(Cc2nc3c(c(=O)n(C)c(=O)n3C)n2Cc2ccc(F)cc2)CC(C)O1. The van der Waals surface area contributed by atoms with Crippen LogP contribution in [0.25, 0.3) is 11.2 Å². The first-order valence-corrected chi connectivity index (χ1v) is 10.0. The van der Waals surface area contributed by atoms with Crippen molar-refractivity contribution in [1.82, 2.24) is 23.6 Å². The Bertz CT molecular complexity index is 1180. The van der Waals surface area contributed by atoms with Gasteiger partial charge in [-0.1, -0.05) is 12.1 Å². The molecule has 3 heterocycles. The highest BCUT2D eigenvalue weighted by atomic mass is 19.1. The topological polar surface area (TPSA) is 74.3 Å². The minimum atomic E-state index is -0.418. The fraction of sp³-hybridized carbons (Fsp3) is 0.476. The second-order valence-corrected chi connectivity index (χ2v) is 8.07. The maximum Gasteiger partial charge on any atom is 0.332 e. The number of morpholine rings is 1. The predicted molar refractivity (Wildman–Crippen MR) is 111 cm³/mol. The number of imidazole rings is 1. The highest BCUT2D eigenvalue weighted by Crippen LogP contribution is 2.19. The van der Waals surface area contributed by atoms with Crippen LogP contribution in [0.5, 0.6) is 0 Å². The molecule has 0 spiro atoms. The molecule has 3 aromatic rings. The van der Waals surface area contributed by atoms with Crippen molar-refractivity contribution in [3.63, 3.8) is 0 Å². The first-order chi connectivity index (χ1) is 14.2. The van der Waals surface area contributed by atoms with Crippen LogP contribution in [0.4, 0.5) is 4.39 Å². The minimum Gasteiger partial charge on any atom is -0.373 e. The van der Waals surface area contributed by atoms with E-state index in [2.05, 4.69) is 9.88 Å². The van der Waals surface area contributed by atoms with Gasteiger partial charge in [-0.2, -0.15) is 0 Å². The smallest absolute Gasteiger partial charge is 0.332 e. The summed E-state index contributed by atoms with van der Waals surface area (Å²) in [7, 11) is 3.08. The normalized spacial score (nSPS) is 20.2. The molecule has 1 aliphatic rings. The third-order valence-electron chi connectivity index (χ3n) is 5.54. The van der Waals surface area contributed by atoms with Gasteiger partial charge in [-0.3, -0.25) is 18.8 Å². The van der Waals surface area contributed by atoms with Gasteiger partial charge < -0.3 is 9.30 Å². The fourth-order valence-electron chi connectivity index (χ4n) is 4.17. The molecule has 8 nitrogen and oxygen atoms in total. The number of halogens is 1. The lowest BCUT2D eigenvalue weighted by molar-refractivity contribution is -0.0712. The Balaban J connectivity index is 1.84. The summed E-state index contributed by atoms with van der Waals surface area (Å²) in [4.78, 5) is 32.3. The van der Waals surface area contributed by atoms with Crippen LogP contribution >= 0.6 is 0 Å². The average molecular weight is 415 g/mol. The number of ether oxygens (including phenoxy) is 1. The van der Waals surface area contributed by atoms with Crippen molar-refractivity contribution in [2.45, 2.75) is 39.1 Å². The number of rotatable bonds is 4. The van der Waals surface area contributed by atoms with Crippen molar-refractivity contribution in [3.8, 4) is 0 Å². The van der Waals surface area contributed by atoms with Crippen LogP contribution in [-0.2, 0) is 31.9 Å². The summed E-state index contributed by atoms with van der Waals surface area (Å²) in [5, 5.41) is 0. The molecule has 0 aliphatic carbocycles. The van der Waals surface area contributed by atoms with Crippen molar-refractivity contribution in [3.05, 3.63) is 62.3 Å². The highest BCUT2D eigenvalue weighted by molar-refractivity contribution is 5.71. The number of benzene rings is 1. The molecule has 30 heavy (non-hydrogen) atoms. The van der Waals surface area contributed by atoms with Gasteiger partial charge in [-0.05, 0) is 31.5 Å². The van der Waals surface area contributed by atoms with E-state index in [1.54, 1.807) is 19.2 Å². The van der Waals surface area contributed by atoms with Gasteiger partial charge in [-0.25, -0.2) is 14.2 Å². The highest BCUT2D eigenvalue weighted by Gasteiger charge is 2.25. The van der Waals surface area contributed by atoms with Gasteiger partial charge in [0.1, 0.15) is 11.6 Å². The Morgan fingerprint density at radius 3 is 2.30 bits per heavy atom. The molecule has 2 aromatic heterocycles. The first kappa shape index (κ1) is 20.5. The Morgan fingerprint density at radius 1 is 1.03 bits per heavy atom. The van der Waals surface area contributed by atoms with Crippen LogP contribution in [0.2, 0.25) is 0 Å². The number of nitrogens with zero attached hydrogens (tertiary/aromatic N) is 5. The molecular formula is C21H26FN5O3. The first-order valence-electron chi connectivity index (χ1n) is 10.0. The Hall–Kier alpha value is -2.78. The molecule has 1 aliphatic heterocycles. The Kier molecular flexibility index (Phi) is 5.33. The standard InChI is InChI=1S/C21H26FN5O3/c1-13-9-26(10-14(2)30-13)12-17-23-19-18(20(28)25(4)21(29)24(19)3)27(17)11-15-5-7-16(22)8-6-15/h5-8,13-14H,9-12H2,1-4H3. The van der Waals surface area contributed by atoms with Gasteiger partial charge in [0.25, 0.3) is 5.56 Å². The van der Waals surface area contributed by atoms with Gasteiger partial charge in [0.2, 0.25) is 0 Å². The lowest BCUT2D eigenvalue weighted by Gasteiger charge is -2.35. The molecule has 0 N–H and O–H groups in total. The van der Waals surface area contributed by atoms with Gasteiger partial charge in [0.05, 0.1) is 18.8 Å². The zero-order valence-electron chi connectivity index (χ0n) is 17.6. The second-order valence-electron chi connectivity index (χ2n) is 8.07. The molecule has 160 valence electrons. The second kappa shape index (κ2) is 7.81. The lowest BCUT2D eigenvalue weighted by Crippen LogP contribution is -2.45. The van der Waals surface area contributed by atoms with Crippen LogP contribution in [0.15, 0.2) is 33.9 Å². The van der Waals surface area contributed by atoms with Gasteiger partial charge >= 0.3 is 5.69 Å². The van der Waals surface area contributed by atoms with Crippen molar-refractivity contribution in [1.29, 1.82) is 0 Å². The van der Waals surface area contributed by atoms with Crippen molar-refractivity contribution in [2.24, 2.45) is 14.1 Å².